The van der Waals surface area contributed by atoms with Gasteiger partial charge in [0, 0.05) is 22.3 Å². The molecule has 3 aromatic carbocycles. The van der Waals surface area contributed by atoms with Crippen molar-refractivity contribution in [3.63, 3.8) is 0 Å². The molecule has 0 aliphatic heterocycles. The third-order valence-corrected chi connectivity index (χ3v) is 6.15. The summed E-state index contributed by atoms with van der Waals surface area (Å²) < 4.78 is 27.9. The number of aryl methyl sites for hydroxylation is 1. The number of benzene rings is 3. The molecule has 4 nitrogen and oxygen atoms in total. The lowest BCUT2D eigenvalue weighted by Crippen LogP contribution is -2.12. The van der Waals surface area contributed by atoms with Gasteiger partial charge in [-0.05, 0) is 53.9 Å². The van der Waals surface area contributed by atoms with Gasteiger partial charge < -0.3 is 4.98 Å². The van der Waals surface area contributed by atoms with Crippen LogP contribution in [0.15, 0.2) is 83.8 Å². The number of anilines is 1. The molecule has 0 amide bonds. The molecule has 4 rings (SSSR count). The molecule has 0 fully saturated rings. The van der Waals surface area contributed by atoms with Gasteiger partial charge in [0.1, 0.15) is 0 Å². The minimum atomic E-state index is -3.60. The molecule has 142 valence electrons. The van der Waals surface area contributed by atoms with Gasteiger partial charge in [0.05, 0.1) is 4.90 Å². The molecule has 0 spiro atoms. The fraction of sp³-hybridized carbons (Fsp3) is 0.130. The number of hydrogen-bond donors (Lipinski definition) is 2. The Bertz CT molecular complexity index is 1160. The summed E-state index contributed by atoms with van der Waals surface area (Å²) in [5.41, 5.74) is 4.76. The van der Waals surface area contributed by atoms with Crippen LogP contribution in [0.2, 0.25) is 0 Å². The average molecular weight is 391 g/mol. The van der Waals surface area contributed by atoms with Crippen molar-refractivity contribution in [1.82, 2.24) is 4.98 Å². The number of aromatic nitrogens is 1. The Labute approximate surface area is 165 Å². The molecule has 1 heterocycles. The lowest BCUT2D eigenvalue weighted by atomic mass is 10.1. The highest BCUT2D eigenvalue weighted by molar-refractivity contribution is 7.92. The van der Waals surface area contributed by atoms with E-state index in [1.54, 1.807) is 24.3 Å². The standard InChI is InChI=1S/C23H22N2O2S/c1-2-5-17-8-14-21(15-9-17)28(26,27)25-20-12-10-18(11-13-20)23-16-19-6-3-4-7-22(19)24-23/h3-4,6-16,24-25H,2,5H2,1H3. The van der Waals surface area contributed by atoms with Crippen LogP contribution in [0.5, 0.6) is 0 Å². The maximum Gasteiger partial charge on any atom is 0.261 e. The van der Waals surface area contributed by atoms with E-state index in [-0.39, 0.29) is 4.90 Å². The normalized spacial score (nSPS) is 11.6. The van der Waals surface area contributed by atoms with Gasteiger partial charge in [0.15, 0.2) is 0 Å². The largest absolute Gasteiger partial charge is 0.355 e. The molecule has 0 saturated heterocycles. The van der Waals surface area contributed by atoms with Gasteiger partial charge in [-0.1, -0.05) is 55.8 Å². The summed E-state index contributed by atoms with van der Waals surface area (Å²) in [6.45, 7) is 2.10. The molecule has 1 aromatic heterocycles. The van der Waals surface area contributed by atoms with Gasteiger partial charge >= 0.3 is 0 Å². The van der Waals surface area contributed by atoms with Crippen LogP contribution >= 0.6 is 0 Å². The minimum Gasteiger partial charge on any atom is -0.355 e. The van der Waals surface area contributed by atoms with Crippen LogP contribution in [-0.4, -0.2) is 13.4 Å². The van der Waals surface area contributed by atoms with Gasteiger partial charge in [-0.15, -0.1) is 0 Å². The maximum atomic E-state index is 12.6. The SMILES string of the molecule is CCCc1ccc(S(=O)(=O)Nc2ccc(-c3cc4ccccc4[nH]3)cc2)cc1. The van der Waals surface area contributed by atoms with Crippen molar-refractivity contribution in [1.29, 1.82) is 0 Å². The molecule has 0 aliphatic rings. The highest BCUT2D eigenvalue weighted by Crippen LogP contribution is 2.26. The molecule has 0 bridgehead atoms. The van der Waals surface area contributed by atoms with E-state index >= 15 is 0 Å². The van der Waals surface area contributed by atoms with E-state index in [0.717, 1.165) is 40.6 Å². The number of aromatic amines is 1. The van der Waals surface area contributed by atoms with Crippen molar-refractivity contribution in [3.8, 4) is 11.3 Å². The first-order chi connectivity index (χ1) is 13.5. The predicted octanol–water partition coefficient (Wildman–Crippen LogP) is 5.59. The van der Waals surface area contributed by atoms with Crippen molar-refractivity contribution < 1.29 is 8.42 Å². The molecule has 0 unspecified atom stereocenters. The van der Waals surface area contributed by atoms with Crippen molar-refractivity contribution >= 4 is 26.6 Å². The molecule has 5 heteroatoms. The average Bonchev–Trinajstić information content (AvgIpc) is 3.13. The molecular weight excluding hydrogens is 368 g/mol. The summed E-state index contributed by atoms with van der Waals surface area (Å²) >= 11 is 0. The number of H-pyrrole nitrogens is 1. The van der Waals surface area contributed by atoms with E-state index in [0.29, 0.717) is 5.69 Å². The molecule has 0 atom stereocenters. The Morgan fingerprint density at radius 2 is 1.61 bits per heavy atom. The maximum absolute atomic E-state index is 12.6. The summed E-state index contributed by atoms with van der Waals surface area (Å²) in [5.74, 6) is 0. The Morgan fingerprint density at radius 3 is 2.29 bits per heavy atom. The number of rotatable bonds is 6. The first-order valence-corrected chi connectivity index (χ1v) is 10.8. The zero-order valence-electron chi connectivity index (χ0n) is 15.6. The van der Waals surface area contributed by atoms with Crippen LogP contribution in [0.25, 0.3) is 22.2 Å². The Kier molecular flexibility index (Phi) is 4.92. The van der Waals surface area contributed by atoms with E-state index in [2.05, 4.69) is 28.8 Å². The molecule has 0 aliphatic carbocycles. The zero-order valence-corrected chi connectivity index (χ0v) is 16.5. The van der Waals surface area contributed by atoms with E-state index in [9.17, 15) is 8.42 Å². The van der Waals surface area contributed by atoms with E-state index in [4.69, 9.17) is 0 Å². The Balaban J connectivity index is 1.53. The van der Waals surface area contributed by atoms with Gasteiger partial charge in [0.2, 0.25) is 0 Å². The van der Waals surface area contributed by atoms with Gasteiger partial charge in [0.25, 0.3) is 10.0 Å². The summed E-state index contributed by atoms with van der Waals surface area (Å²) in [7, 11) is -3.60. The highest BCUT2D eigenvalue weighted by atomic mass is 32.2. The summed E-state index contributed by atoms with van der Waals surface area (Å²) in [5, 5.41) is 1.15. The van der Waals surface area contributed by atoms with Crippen molar-refractivity contribution in [3.05, 3.63) is 84.4 Å². The highest BCUT2D eigenvalue weighted by Gasteiger charge is 2.14. The smallest absolute Gasteiger partial charge is 0.261 e. The van der Waals surface area contributed by atoms with Crippen LogP contribution in [0.4, 0.5) is 5.69 Å². The van der Waals surface area contributed by atoms with Crippen LogP contribution in [-0.2, 0) is 16.4 Å². The van der Waals surface area contributed by atoms with Crippen LogP contribution in [0.1, 0.15) is 18.9 Å². The number of fused-ring (bicyclic) bond motifs is 1. The van der Waals surface area contributed by atoms with Crippen molar-refractivity contribution in [2.45, 2.75) is 24.7 Å². The quantitative estimate of drug-likeness (QED) is 0.451. The first kappa shape index (κ1) is 18.3. The topological polar surface area (TPSA) is 62.0 Å². The molecule has 4 aromatic rings. The second kappa shape index (κ2) is 7.52. The minimum absolute atomic E-state index is 0.270. The number of sulfonamides is 1. The zero-order chi connectivity index (χ0) is 19.6. The van der Waals surface area contributed by atoms with Gasteiger partial charge in [-0.2, -0.15) is 0 Å². The molecule has 0 radical (unpaired) electrons. The third kappa shape index (κ3) is 3.80. The van der Waals surface area contributed by atoms with Crippen molar-refractivity contribution in [2.75, 3.05) is 4.72 Å². The first-order valence-electron chi connectivity index (χ1n) is 9.35. The number of nitrogens with one attached hydrogen (secondary N) is 2. The third-order valence-electron chi connectivity index (χ3n) is 4.75. The van der Waals surface area contributed by atoms with Crippen LogP contribution < -0.4 is 4.72 Å². The monoisotopic (exact) mass is 390 g/mol. The lowest BCUT2D eigenvalue weighted by molar-refractivity contribution is 0.601. The predicted molar refractivity (Wildman–Crippen MR) is 115 cm³/mol. The summed E-state index contributed by atoms with van der Waals surface area (Å²) in [4.78, 5) is 3.65. The Hall–Kier alpha value is -3.05. The summed E-state index contributed by atoms with van der Waals surface area (Å²) in [6, 6.07) is 24.6. The fourth-order valence-corrected chi connectivity index (χ4v) is 4.34. The molecule has 0 saturated carbocycles. The van der Waals surface area contributed by atoms with Crippen LogP contribution in [0.3, 0.4) is 0 Å². The second-order valence-electron chi connectivity index (χ2n) is 6.85. The van der Waals surface area contributed by atoms with Crippen molar-refractivity contribution in [2.24, 2.45) is 0 Å². The molecule has 2 N–H and O–H groups in total. The second-order valence-corrected chi connectivity index (χ2v) is 8.53. The molecule has 28 heavy (non-hydrogen) atoms. The summed E-state index contributed by atoms with van der Waals surface area (Å²) in [6.07, 6.45) is 1.98. The molecular formula is C23H22N2O2S. The number of hydrogen-bond acceptors (Lipinski definition) is 2. The van der Waals surface area contributed by atoms with E-state index in [1.807, 2.05) is 42.5 Å². The fourth-order valence-electron chi connectivity index (χ4n) is 3.28. The van der Waals surface area contributed by atoms with Crippen LogP contribution in [0, 0.1) is 0 Å². The van der Waals surface area contributed by atoms with E-state index in [1.165, 1.54) is 0 Å². The van der Waals surface area contributed by atoms with Gasteiger partial charge in [-0.3, -0.25) is 4.72 Å². The Morgan fingerprint density at radius 1 is 0.893 bits per heavy atom. The lowest BCUT2D eigenvalue weighted by Gasteiger charge is -2.09. The number of para-hydroxylation sites is 1. The van der Waals surface area contributed by atoms with Gasteiger partial charge in [-0.25, -0.2) is 8.42 Å². The van der Waals surface area contributed by atoms with E-state index < -0.39 is 10.0 Å².